The molecule has 0 bridgehead atoms. The van der Waals surface area contributed by atoms with Crippen molar-refractivity contribution in [2.45, 2.75) is 13.5 Å². The van der Waals surface area contributed by atoms with Crippen molar-refractivity contribution < 1.29 is 19.2 Å². The van der Waals surface area contributed by atoms with Gasteiger partial charge in [0.15, 0.2) is 0 Å². The molecule has 0 aliphatic carbocycles. The van der Waals surface area contributed by atoms with Crippen LogP contribution in [0.3, 0.4) is 0 Å². The highest BCUT2D eigenvalue weighted by atomic mass is 16.6. The van der Waals surface area contributed by atoms with Gasteiger partial charge in [-0.05, 0) is 48.4 Å². The van der Waals surface area contributed by atoms with E-state index in [9.17, 15) is 14.9 Å². The zero-order valence-electron chi connectivity index (χ0n) is 18.4. The fourth-order valence-corrected chi connectivity index (χ4v) is 3.28. The van der Waals surface area contributed by atoms with Crippen molar-refractivity contribution in [2.75, 3.05) is 6.61 Å². The first-order chi connectivity index (χ1) is 16.5. The van der Waals surface area contributed by atoms with Gasteiger partial charge in [-0.25, -0.2) is 14.8 Å². The quantitative estimate of drug-likeness (QED) is 0.197. The normalized spacial score (nSPS) is 11.0. The molecule has 8 heteroatoms. The molecule has 1 heterocycles. The molecule has 0 saturated carbocycles. The summed E-state index contributed by atoms with van der Waals surface area (Å²) in [6.45, 7) is 2.22. The Morgan fingerprint density at radius 3 is 2.50 bits per heavy atom. The predicted octanol–water partition coefficient (Wildman–Crippen LogP) is 5.46. The number of benzene rings is 3. The largest absolute Gasteiger partial charge is 0.471 e. The first-order valence-corrected chi connectivity index (χ1v) is 10.6. The van der Waals surface area contributed by atoms with Crippen LogP contribution in [0.4, 0.5) is 5.69 Å². The second-order valence-corrected chi connectivity index (χ2v) is 7.30. The van der Waals surface area contributed by atoms with E-state index in [2.05, 4.69) is 9.97 Å². The number of rotatable bonds is 8. The number of fused-ring (bicyclic) bond motifs is 1. The fraction of sp³-hybridized carbons (Fsp3) is 0.115. The number of nitrogens with zero attached hydrogens (tertiary/aromatic N) is 3. The molecule has 0 saturated heterocycles. The van der Waals surface area contributed by atoms with Crippen molar-refractivity contribution >= 4 is 34.8 Å². The van der Waals surface area contributed by atoms with Gasteiger partial charge in [-0.15, -0.1) is 0 Å². The minimum absolute atomic E-state index is 0.00435. The Morgan fingerprint density at radius 2 is 1.74 bits per heavy atom. The second-order valence-electron chi connectivity index (χ2n) is 7.30. The smallest absolute Gasteiger partial charge is 0.338 e. The van der Waals surface area contributed by atoms with Crippen molar-refractivity contribution in [3.8, 4) is 5.88 Å². The van der Waals surface area contributed by atoms with Crippen molar-refractivity contribution in [3.05, 3.63) is 105 Å². The van der Waals surface area contributed by atoms with E-state index in [1.54, 1.807) is 49.4 Å². The number of hydrogen-bond acceptors (Lipinski definition) is 7. The van der Waals surface area contributed by atoms with E-state index >= 15 is 0 Å². The van der Waals surface area contributed by atoms with E-state index < -0.39 is 10.9 Å². The molecule has 0 spiro atoms. The van der Waals surface area contributed by atoms with Gasteiger partial charge in [0.25, 0.3) is 5.69 Å². The van der Waals surface area contributed by atoms with Crippen molar-refractivity contribution in [2.24, 2.45) is 0 Å². The van der Waals surface area contributed by atoms with E-state index in [1.807, 2.05) is 30.3 Å². The maximum atomic E-state index is 12.0. The van der Waals surface area contributed by atoms with Gasteiger partial charge in [0.1, 0.15) is 12.3 Å². The van der Waals surface area contributed by atoms with Gasteiger partial charge in [-0.1, -0.05) is 42.5 Å². The van der Waals surface area contributed by atoms with Gasteiger partial charge >= 0.3 is 5.97 Å². The predicted molar refractivity (Wildman–Crippen MR) is 128 cm³/mol. The van der Waals surface area contributed by atoms with E-state index in [0.717, 1.165) is 5.56 Å². The number of nitro benzene ring substituents is 1. The Morgan fingerprint density at radius 1 is 0.971 bits per heavy atom. The zero-order chi connectivity index (χ0) is 23.9. The van der Waals surface area contributed by atoms with Crippen LogP contribution in [0.2, 0.25) is 0 Å². The summed E-state index contributed by atoms with van der Waals surface area (Å²) >= 11 is 0. The Hall–Kier alpha value is -4.59. The number of carbonyl (C=O) groups is 1. The number of ether oxygens (including phenoxy) is 2. The van der Waals surface area contributed by atoms with Crippen LogP contribution in [0.5, 0.6) is 5.88 Å². The molecule has 0 aliphatic rings. The lowest BCUT2D eigenvalue weighted by atomic mass is 10.1. The molecule has 0 aliphatic heterocycles. The monoisotopic (exact) mass is 455 g/mol. The lowest BCUT2D eigenvalue weighted by Crippen LogP contribution is -2.06. The number of esters is 1. The highest BCUT2D eigenvalue weighted by Crippen LogP contribution is 2.23. The van der Waals surface area contributed by atoms with E-state index in [0.29, 0.717) is 40.3 Å². The van der Waals surface area contributed by atoms with Gasteiger partial charge < -0.3 is 9.47 Å². The first kappa shape index (κ1) is 22.6. The molecular weight excluding hydrogens is 434 g/mol. The minimum atomic E-state index is -0.438. The van der Waals surface area contributed by atoms with E-state index in [-0.39, 0.29) is 12.3 Å². The van der Waals surface area contributed by atoms with Gasteiger partial charge in [-0.2, -0.15) is 0 Å². The fourth-order valence-electron chi connectivity index (χ4n) is 3.28. The third-order valence-corrected chi connectivity index (χ3v) is 4.89. The number of para-hydroxylation sites is 2. The Kier molecular flexibility index (Phi) is 6.88. The number of hydrogen-bond donors (Lipinski definition) is 0. The summed E-state index contributed by atoms with van der Waals surface area (Å²) < 4.78 is 11.0. The molecule has 4 aromatic rings. The van der Waals surface area contributed by atoms with Gasteiger partial charge in [0.05, 0.1) is 28.1 Å². The molecule has 0 fully saturated rings. The lowest BCUT2D eigenvalue weighted by Gasteiger charge is -2.10. The topological polar surface area (TPSA) is 104 Å². The second kappa shape index (κ2) is 10.4. The third kappa shape index (κ3) is 5.42. The molecule has 34 heavy (non-hydrogen) atoms. The average Bonchev–Trinajstić information content (AvgIpc) is 2.86. The van der Waals surface area contributed by atoms with Crippen LogP contribution >= 0.6 is 0 Å². The molecule has 0 radical (unpaired) electrons. The summed E-state index contributed by atoms with van der Waals surface area (Å²) in [5.74, 6) is -0.0858. The maximum Gasteiger partial charge on any atom is 0.338 e. The average molecular weight is 455 g/mol. The maximum absolute atomic E-state index is 12.0. The molecule has 8 nitrogen and oxygen atoms in total. The summed E-state index contributed by atoms with van der Waals surface area (Å²) in [7, 11) is 0. The van der Waals surface area contributed by atoms with Crippen LogP contribution in [0.1, 0.15) is 34.1 Å². The summed E-state index contributed by atoms with van der Waals surface area (Å²) in [5, 5.41) is 11.1. The van der Waals surface area contributed by atoms with Gasteiger partial charge in [0, 0.05) is 12.1 Å². The molecule has 0 atom stereocenters. The Labute approximate surface area is 195 Å². The van der Waals surface area contributed by atoms with Crippen LogP contribution in [0.25, 0.3) is 23.2 Å². The van der Waals surface area contributed by atoms with E-state index in [1.165, 1.54) is 12.1 Å². The molecule has 0 amide bonds. The Balaban J connectivity index is 1.62. The highest BCUT2D eigenvalue weighted by Gasteiger charge is 2.11. The Bertz CT molecular complexity index is 1380. The number of non-ortho nitro benzene ring substituents is 1. The van der Waals surface area contributed by atoms with Gasteiger partial charge in [-0.3, -0.25) is 10.1 Å². The summed E-state index contributed by atoms with van der Waals surface area (Å²) in [6.07, 6.45) is 3.43. The van der Waals surface area contributed by atoms with Crippen molar-refractivity contribution in [1.82, 2.24) is 9.97 Å². The summed E-state index contributed by atoms with van der Waals surface area (Å²) in [4.78, 5) is 31.9. The molecule has 3 aromatic carbocycles. The summed E-state index contributed by atoms with van der Waals surface area (Å²) in [5.41, 5.74) is 3.71. The van der Waals surface area contributed by atoms with Crippen LogP contribution < -0.4 is 4.74 Å². The van der Waals surface area contributed by atoms with Gasteiger partial charge in [0.2, 0.25) is 5.88 Å². The number of carbonyl (C=O) groups excluding carboxylic acids is 1. The lowest BCUT2D eigenvalue weighted by molar-refractivity contribution is -0.384. The highest BCUT2D eigenvalue weighted by molar-refractivity contribution is 5.89. The molecule has 0 N–H and O–H groups in total. The van der Waals surface area contributed by atoms with Crippen LogP contribution in [0.15, 0.2) is 72.8 Å². The molecule has 0 unspecified atom stereocenters. The minimum Gasteiger partial charge on any atom is -0.471 e. The zero-order valence-corrected chi connectivity index (χ0v) is 18.4. The van der Waals surface area contributed by atoms with Crippen LogP contribution in [-0.2, 0) is 11.3 Å². The van der Waals surface area contributed by atoms with Crippen LogP contribution in [0, 0.1) is 10.1 Å². The number of nitro groups is 1. The van der Waals surface area contributed by atoms with E-state index in [4.69, 9.17) is 9.47 Å². The van der Waals surface area contributed by atoms with Crippen molar-refractivity contribution in [3.63, 3.8) is 0 Å². The molecule has 170 valence electrons. The standard InChI is InChI=1S/C26H21N3O5/c1-2-33-26(30)20-9-5-8-19(15-20)17-34-25-24(27-22-11-3-4-12-23(22)28-25)14-13-18-7-6-10-21(16-18)29(31)32/h3-16H,2,17H2,1H3/b14-13+. The third-order valence-electron chi connectivity index (χ3n) is 4.89. The SMILES string of the molecule is CCOC(=O)c1cccc(COc2nc3ccccc3nc2/C=C/c2cccc([N+](=O)[O-])c2)c1. The molecule has 4 rings (SSSR count). The number of aromatic nitrogens is 2. The van der Waals surface area contributed by atoms with Crippen LogP contribution in [-0.4, -0.2) is 27.5 Å². The first-order valence-electron chi connectivity index (χ1n) is 10.6. The summed E-state index contributed by atoms with van der Waals surface area (Å²) in [6, 6.07) is 20.7. The van der Waals surface area contributed by atoms with Crippen molar-refractivity contribution in [1.29, 1.82) is 0 Å². The molecular formula is C26H21N3O5. The molecule has 1 aromatic heterocycles.